The zero-order valence-corrected chi connectivity index (χ0v) is 14.4. The molecule has 2 aromatic heterocycles. The lowest BCUT2D eigenvalue weighted by Crippen LogP contribution is -2.23. The predicted octanol–water partition coefficient (Wildman–Crippen LogP) is 2.59. The van der Waals surface area contributed by atoms with E-state index in [-0.39, 0.29) is 5.56 Å². The molecule has 25 heavy (non-hydrogen) atoms. The molecule has 2 aromatic carbocycles. The smallest absolute Gasteiger partial charge is 0.291 e. The van der Waals surface area contributed by atoms with Crippen LogP contribution in [0.5, 0.6) is 5.75 Å². The molecule has 0 amide bonds. The third-order valence-electron chi connectivity index (χ3n) is 3.69. The van der Waals surface area contributed by atoms with Crippen LogP contribution in [0.15, 0.2) is 59.4 Å². The van der Waals surface area contributed by atoms with Crippen LogP contribution in [-0.4, -0.2) is 14.6 Å². The number of nitrogens with zero attached hydrogens (tertiary/aromatic N) is 3. The molecular formula is C19H15N3O2S. The topological polar surface area (TPSA) is 56.5 Å². The van der Waals surface area contributed by atoms with Gasteiger partial charge in [0.05, 0.1) is 4.53 Å². The minimum absolute atomic E-state index is 0.142. The van der Waals surface area contributed by atoms with E-state index in [0.717, 1.165) is 16.9 Å². The molecular weight excluding hydrogens is 334 g/mol. The summed E-state index contributed by atoms with van der Waals surface area (Å²) < 4.78 is 7.79. The van der Waals surface area contributed by atoms with Crippen LogP contribution in [0.25, 0.3) is 11.0 Å². The van der Waals surface area contributed by atoms with E-state index in [2.05, 4.69) is 10.1 Å². The van der Waals surface area contributed by atoms with Crippen molar-refractivity contribution in [2.24, 2.45) is 0 Å². The van der Waals surface area contributed by atoms with Crippen molar-refractivity contribution in [3.63, 3.8) is 0 Å². The summed E-state index contributed by atoms with van der Waals surface area (Å²) in [6.45, 7) is 2.28. The molecule has 0 unspecified atom stereocenters. The number of hydrogen-bond acceptors (Lipinski definition) is 5. The zero-order valence-electron chi connectivity index (χ0n) is 13.5. The second-order valence-electron chi connectivity index (χ2n) is 5.62. The van der Waals surface area contributed by atoms with E-state index in [1.54, 1.807) is 6.92 Å². The third kappa shape index (κ3) is 3.29. The van der Waals surface area contributed by atoms with Gasteiger partial charge in [-0.25, -0.2) is 4.98 Å². The summed E-state index contributed by atoms with van der Waals surface area (Å²) in [6.07, 6.45) is 1.84. The monoisotopic (exact) mass is 349 g/mol. The van der Waals surface area contributed by atoms with Gasteiger partial charge in [0.2, 0.25) is 4.96 Å². The Labute approximate surface area is 147 Å². The highest BCUT2D eigenvalue weighted by Gasteiger charge is 2.07. The molecule has 0 radical (unpaired) electrons. The molecule has 4 aromatic rings. The van der Waals surface area contributed by atoms with E-state index < -0.39 is 0 Å². The van der Waals surface area contributed by atoms with Gasteiger partial charge in [-0.2, -0.15) is 4.52 Å². The van der Waals surface area contributed by atoms with Crippen molar-refractivity contribution in [2.75, 3.05) is 0 Å². The molecule has 0 spiro atoms. The van der Waals surface area contributed by atoms with E-state index in [1.165, 1.54) is 15.9 Å². The molecule has 0 aliphatic heterocycles. The Balaban J connectivity index is 1.61. The molecule has 0 aliphatic carbocycles. The van der Waals surface area contributed by atoms with Crippen LogP contribution in [0.2, 0.25) is 0 Å². The number of rotatable bonds is 4. The quantitative estimate of drug-likeness (QED) is 0.568. The second kappa shape index (κ2) is 6.49. The summed E-state index contributed by atoms with van der Waals surface area (Å²) in [5.41, 5.74) is 1.87. The Morgan fingerprint density at radius 1 is 1.16 bits per heavy atom. The molecule has 0 atom stereocenters. The highest BCUT2D eigenvalue weighted by atomic mass is 32.1. The maximum atomic E-state index is 12.4. The van der Waals surface area contributed by atoms with Gasteiger partial charge in [0.1, 0.15) is 18.2 Å². The zero-order chi connectivity index (χ0) is 17.2. The van der Waals surface area contributed by atoms with Crippen LogP contribution in [0.3, 0.4) is 0 Å². The Kier molecular flexibility index (Phi) is 4.03. The number of benzene rings is 2. The molecule has 124 valence electrons. The molecule has 0 saturated heterocycles. The van der Waals surface area contributed by atoms with Crippen LogP contribution in [0.1, 0.15) is 17.0 Å². The number of ether oxygens (including phenoxy) is 1. The molecule has 4 rings (SSSR count). The molecule has 5 nitrogen and oxygen atoms in total. The molecule has 2 heterocycles. The number of aryl methyl sites for hydroxylation is 1. The van der Waals surface area contributed by atoms with E-state index in [1.807, 2.05) is 60.7 Å². The Bertz CT molecular complexity index is 1130. The standard InChI is InChI=1S/C19H15N3O2S/c1-13-20-19-22(21-13)18(23)17(25-19)11-15-8-5-9-16(10-15)24-12-14-6-3-2-4-7-14/h2-11H,12H2,1H3/b17-11-. The van der Waals surface area contributed by atoms with Gasteiger partial charge in [0.15, 0.2) is 0 Å². The average Bonchev–Trinajstić information content (AvgIpc) is 3.12. The van der Waals surface area contributed by atoms with Gasteiger partial charge in [-0.1, -0.05) is 53.8 Å². The van der Waals surface area contributed by atoms with Gasteiger partial charge < -0.3 is 4.74 Å². The summed E-state index contributed by atoms with van der Waals surface area (Å²) >= 11 is 1.34. The predicted molar refractivity (Wildman–Crippen MR) is 97.9 cm³/mol. The highest BCUT2D eigenvalue weighted by molar-refractivity contribution is 7.15. The van der Waals surface area contributed by atoms with Crippen molar-refractivity contribution >= 4 is 22.4 Å². The molecule has 0 bridgehead atoms. The maximum absolute atomic E-state index is 12.4. The maximum Gasteiger partial charge on any atom is 0.291 e. The van der Waals surface area contributed by atoms with Gasteiger partial charge in [0.25, 0.3) is 5.56 Å². The van der Waals surface area contributed by atoms with Crippen LogP contribution in [0.4, 0.5) is 0 Å². The largest absolute Gasteiger partial charge is 0.489 e. The van der Waals surface area contributed by atoms with Crippen LogP contribution in [0, 0.1) is 6.92 Å². The van der Waals surface area contributed by atoms with Gasteiger partial charge in [-0.3, -0.25) is 4.79 Å². The van der Waals surface area contributed by atoms with Crippen molar-refractivity contribution < 1.29 is 4.74 Å². The van der Waals surface area contributed by atoms with E-state index >= 15 is 0 Å². The summed E-state index contributed by atoms with van der Waals surface area (Å²) in [5.74, 6) is 1.37. The number of hydrogen-bond donors (Lipinski definition) is 0. The lowest BCUT2D eigenvalue weighted by molar-refractivity contribution is 0.306. The Hall–Kier alpha value is -2.99. The third-order valence-corrected chi connectivity index (χ3v) is 4.65. The molecule has 0 fully saturated rings. The van der Waals surface area contributed by atoms with Gasteiger partial charge in [-0.15, -0.1) is 5.10 Å². The lowest BCUT2D eigenvalue weighted by Gasteiger charge is -2.06. The van der Waals surface area contributed by atoms with Crippen LogP contribution < -0.4 is 14.8 Å². The number of thiazole rings is 1. The van der Waals surface area contributed by atoms with Crippen molar-refractivity contribution in [3.8, 4) is 5.75 Å². The SMILES string of the molecule is Cc1nc2s/c(=C\c3cccc(OCc4ccccc4)c3)c(=O)n2n1. The average molecular weight is 349 g/mol. The molecule has 0 N–H and O–H groups in total. The first kappa shape index (κ1) is 15.5. The summed E-state index contributed by atoms with van der Waals surface area (Å²) in [5, 5.41) is 4.11. The first-order valence-electron chi connectivity index (χ1n) is 7.84. The minimum atomic E-state index is -0.142. The lowest BCUT2D eigenvalue weighted by atomic mass is 10.2. The van der Waals surface area contributed by atoms with Crippen LogP contribution in [-0.2, 0) is 6.61 Å². The minimum Gasteiger partial charge on any atom is -0.489 e. The molecule has 6 heteroatoms. The summed E-state index contributed by atoms with van der Waals surface area (Å²) in [4.78, 5) is 17.2. The Morgan fingerprint density at radius 2 is 2.00 bits per heavy atom. The molecule has 0 saturated carbocycles. The van der Waals surface area contributed by atoms with Crippen molar-refractivity contribution in [1.82, 2.24) is 14.6 Å². The van der Waals surface area contributed by atoms with E-state index in [0.29, 0.717) is 21.9 Å². The second-order valence-corrected chi connectivity index (χ2v) is 6.63. The first-order valence-corrected chi connectivity index (χ1v) is 8.65. The number of aromatic nitrogens is 3. The van der Waals surface area contributed by atoms with Crippen molar-refractivity contribution in [1.29, 1.82) is 0 Å². The van der Waals surface area contributed by atoms with Gasteiger partial charge >= 0.3 is 0 Å². The van der Waals surface area contributed by atoms with Crippen molar-refractivity contribution in [3.05, 3.63) is 86.4 Å². The van der Waals surface area contributed by atoms with E-state index in [4.69, 9.17) is 4.74 Å². The summed E-state index contributed by atoms with van der Waals surface area (Å²) in [6, 6.07) is 17.7. The normalized spacial score (nSPS) is 12.0. The fourth-order valence-corrected chi connectivity index (χ4v) is 3.47. The fourth-order valence-electron chi connectivity index (χ4n) is 2.52. The van der Waals surface area contributed by atoms with Gasteiger partial charge in [-0.05, 0) is 36.3 Å². The first-order chi connectivity index (χ1) is 12.2. The molecule has 0 aliphatic rings. The fraction of sp³-hybridized carbons (Fsp3) is 0.105. The van der Waals surface area contributed by atoms with Gasteiger partial charge in [0, 0.05) is 0 Å². The highest BCUT2D eigenvalue weighted by Crippen LogP contribution is 2.16. The Morgan fingerprint density at radius 3 is 2.80 bits per heavy atom. The van der Waals surface area contributed by atoms with Crippen LogP contribution >= 0.6 is 11.3 Å². The van der Waals surface area contributed by atoms with E-state index in [9.17, 15) is 4.79 Å². The summed E-state index contributed by atoms with van der Waals surface area (Å²) in [7, 11) is 0. The van der Waals surface area contributed by atoms with Crippen molar-refractivity contribution in [2.45, 2.75) is 13.5 Å². The number of fused-ring (bicyclic) bond motifs is 1.